The summed E-state index contributed by atoms with van der Waals surface area (Å²) in [6.45, 7) is 4.33. The van der Waals surface area contributed by atoms with Crippen LogP contribution in [0.25, 0.3) is 0 Å². The second kappa shape index (κ2) is 8.11. The number of hydrogen-bond donors (Lipinski definition) is 0. The van der Waals surface area contributed by atoms with E-state index in [9.17, 15) is 4.79 Å². The van der Waals surface area contributed by atoms with E-state index in [1.165, 1.54) is 17.9 Å². The van der Waals surface area contributed by atoms with Crippen LogP contribution in [0.1, 0.15) is 31.7 Å². The molecule has 2 aliphatic heterocycles. The number of esters is 1. The fourth-order valence-corrected chi connectivity index (χ4v) is 5.24. The first kappa shape index (κ1) is 18.1. The molecule has 0 N–H and O–H groups in total. The standard InChI is InChI=1S/C19H26ClNO2S/c1-2-23-18(22)19(13-15-3-5-16(20)6-4-15)8-10-21(11-9-19)17-7-12-24-14-17/h3-6,17H,2,7-14H2,1H3/t17-/m1/s1. The number of nitrogens with zero attached hydrogens (tertiary/aromatic N) is 1. The molecule has 0 saturated carbocycles. The van der Waals surface area contributed by atoms with E-state index in [1.807, 2.05) is 43.0 Å². The minimum Gasteiger partial charge on any atom is -0.466 e. The Balaban J connectivity index is 1.72. The van der Waals surface area contributed by atoms with Gasteiger partial charge in [-0.2, -0.15) is 11.8 Å². The van der Waals surface area contributed by atoms with Crippen LogP contribution in [0.3, 0.4) is 0 Å². The van der Waals surface area contributed by atoms with Gasteiger partial charge in [0.05, 0.1) is 12.0 Å². The molecule has 3 rings (SSSR count). The highest BCUT2D eigenvalue weighted by Crippen LogP contribution is 2.38. The average Bonchev–Trinajstić information content (AvgIpc) is 3.12. The summed E-state index contributed by atoms with van der Waals surface area (Å²) in [5.74, 6) is 2.49. The zero-order valence-electron chi connectivity index (χ0n) is 14.3. The Morgan fingerprint density at radius 1 is 1.33 bits per heavy atom. The summed E-state index contributed by atoms with van der Waals surface area (Å²) < 4.78 is 5.45. The molecule has 24 heavy (non-hydrogen) atoms. The number of carbonyl (C=O) groups is 1. The van der Waals surface area contributed by atoms with Crippen molar-refractivity contribution in [2.75, 3.05) is 31.2 Å². The van der Waals surface area contributed by atoms with Gasteiger partial charge in [-0.15, -0.1) is 0 Å². The number of piperidine rings is 1. The lowest BCUT2D eigenvalue weighted by Gasteiger charge is -2.42. The van der Waals surface area contributed by atoms with Gasteiger partial charge in [0.1, 0.15) is 0 Å². The van der Waals surface area contributed by atoms with Crippen LogP contribution in [0.15, 0.2) is 24.3 Å². The second-order valence-corrected chi connectivity index (χ2v) is 8.44. The number of carbonyl (C=O) groups excluding carboxylic acids is 1. The van der Waals surface area contributed by atoms with Gasteiger partial charge in [-0.05, 0) is 69.1 Å². The lowest BCUT2D eigenvalue weighted by molar-refractivity contribution is -0.159. The van der Waals surface area contributed by atoms with Crippen molar-refractivity contribution in [1.29, 1.82) is 0 Å². The van der Waals surface area contributed by atoms with E-state index in [2.05, 4.69) is 4.90 Å². The molecule has 5 heteroatoms. The summed E-state index contributed by atoms with van der Waals surface area (Å²) in [6.07, 6.45) is 3.80. The molecule has 0 spiro atoms. The third-order valence-electron chi connectivity index (χ3n) is 5.34. The fraction of sp³-hybridized carbons (Fsp3) is 0.632. The minimum atomic E-state index is -0.383. The number of likely N-dealkylation sites (tertiary alicyclic amines) is 1. The van der Waals surface area contributed by atoms with E-state index in [-0.39, 0.29) is 11.4 Å². The van der Waals surface area contributed by atoms with Crippen molar-refractivity contribution in [1.82, 2.24) is 4.90 Å². The quantitative estimate of drug-likeness (QED) is 0.735. The van der Waals surface area contributed by atoms with Crippen molar-refractivity contribution in [2.24, 2.45) is 5.41 Å². The number of benzene rings is 1. The first-order chi connectivity index (χ1) is 11.6. The zero-order valence-corrected chi connectivity index (χ0v) is 15.9. The number of halogens is 1. The van der Waals surface area contributed by atoms with Gasteiger partial charge in [-0.1, -0.05) is 23.7 Å². The van der Waals surface area contributed by atoms with Gasteiger partial charge in [0.2, 0.25) is 0 Å². The van der Waals surface area contributed by atoms with Crippen LogP contribution >= 0.6 is 23.4 Å². The van der Waals surface area contributed by atoms with E-state index in [4.69, 9.17) is 16.3 Å². The highest BCUT2D eigenvalue weighted by molar-refractivity contribution is 7.99. The van der Waals surface area contributed by atoms with Crippen LogP contribution in [0, 0.1) is 5.41 Å². The molecule has 2 heterocycles. The molecule has 0 aromatic heterocycles. The maximum Gasteiger partial charge on any atom is 0.312 e. The molecule has 0 amide bonds. The monoisotopic (exact) mass is 367 g/mol. The molecule has 2 aliphatic rings. The molecule has 0 unspecified atom stereocenters. The van der Waals surface area contributed by atoms with E-state index in [0.29, 0.717) is 12.6 Å². The normalized spacial score (nSPS) is 24.0. The maximum absolute atomic E-state index is 12.7. The molecule has 132 valence electrons. The Bertz CT molecular complexity index is 549. The van der Waals surface area contributed by atoms with Crippen molar-refractivity contribution >= 4 is 29.3 Å². The molecule has 2 saturated heterocycles. The molecule has 0 aliphatic carbocycles. The third kappa shape index (κ3) is 4.09. The Hall–Kier alpha value is -0.710. The summed E-state index contributed by atoms with van der Waals surface area (Å²) in [7, 11) is 0. The number of thioether (sulfide) groups is 1. The molecule has 3 nitrogen and oxygen atoms in total. The highest BCUT2D eigenvalue weighted by Gasteiger charge is 2.44. The molecule has 1 aromatic carbocycles. The maximum atomic E-state index is 12.7. The largest absolute Gasteiger partial charge is 0.466 e. The van der Waals surface area contributed by atoms with Crippen LogP contribution in [0.5, 0.6) is 0 Å². The summed E-state index contributed by atoms with van der Waals surface area (Å²) in [5, 5.41) is 0.734. The third-order valence-corrected chi connectivity index (χ3v) is 6.74. The van der Waals surface area contributed by atoms with E-state index in [0.717, 1.165) is 42.9 Å². The molecular weight excluding hydrogens is 342 g/mol. The van der Waals surface area contributed by atoms with Gasteiger partial charge in [0.15, 0.2) is 0 Å². The Kier molecular flexibility index (Phi) is 6.12. The van der Waals surface area contributed by atoms with Crippen LogP contribution in [0.4, 0.5) is 0 Å². The van der Waals surface area contributed by atoms with Crippen molar-refractivity contribution in [2.45, 2.75) is 38.6 Å². The van der Waals surface area contributed by atoms with Crippen molar-refractivity contribution in [3.8, 4) is 0 Å². The topological polar surface area (TPSA) is 29.5 Å². The second-order valence-electron chi connectivity index (χ2n) is 6.86. The lowest BCUT2D eigenvalue weighted by atomic mass is 9.73. The number of rotatable bonds is 5. The Labute approximate surface area is 154 Å². The van der Waals surface area contributed by atoms with Gasteiger partial charge in [-0.3, -0.25) is 9.69 Å². The van der Waals surface area contributed by atoms with Crippen molar-refractivity contribution in [3.63, 3.8) is 0 Å². The van der Waals surface area contributed by atoms with Crippen LogP contribution in [-0.2, 0) is 16.0 Å². The van der Waals surface area contributed by atoms with E-state index < -0.39 is 0 Å². The molecule has 1 aromatic rings. The van der Waals surface area contributed by atoms with Gasteiger partial charge in [0.25, 0.3) is 0 Å². The fourth-order valence-electron chi connectivity index (χ4n) is 3.86. The zero-order chi connectivity index (χ0) is 17.0. The summed E-state index contributed by atoms with van der Waals surface area (Å²) in [6, 6.07) is 8.57. The van der Waals surface area contributed by atoms with Crippen LogP contribution in [-0.4, -0.2) is 48.1 Å². The van der Waals surface area contributed by atoms with Crippen LogP contribution < -0.4 is 0 Å². The van der Waals surface area contributed by atoms with Crippen molar-refractivity contribution < 1.29 is 9.53 Å². The molecule has 1 atom stereocenters. The number of ether oxygens (including phenoxy) is 1. The van der Waals surface area contributed by atoms with Gasteiger partial charge in [0, 0.05) is 16.8 Å². The predicted octanol–water partition coefficient (Wildman–Crippen LogP) is 4.03. The molecule has 0 bridgehead atoms. The molecular formula is C19H26ClNO2S. The van der Waals surface area contributed by atoms with Gasteiger partial charge < -0.3 is 4.74 Å². The Morgan fingerprint density at radius 3 is 2.62 bits per heavy atom. The Morgan fingerprint density at radius 2 is 2.04 bits per heavy atom. The lowest BCUT2D eigenvalue weighted by Crippen LogP contribution is -2.49. The van der Waals surface area contributed by atoms with Gasteiger partial charge >= 0.3 is 5.97 Å². The SMILES string of the molecule is CCOC(=O)C1(Cc2ccc(Cl)cc2)CCN([C@@H]2CCSC2)CC1. The summed E-state index contributed by atoms with van der Waals surface area (Å²) >= 11 is 8.04. The first-order valence-corrected chi connectivity index (χ1v) is 10.4. The number of hydrogen-bond acceptors (Lipinski definition) is 4. The van der Waals surface area contributed by atoms with Gasteiger partial charge in [-0.25, -0.2) is 0 Å². The minimum absolute atomic E-state index is 0.0274. The van der Waals surface area contributed by atoms with E-state index in [1.54, 1.807) is 0 Å². The highest BCUT2D eigenvalue weighted by atomic mass is 35.5. The summed E-state index contributed by atoms with van der Waals surface area (Å²) in [4.78, 5) is 15.3. The van der Waals surface area contributed by atoms with Crippen LogP contribution in [0.2, 0.25) is 5.02 Å². The first-order valence-electron chi connectivity index (χ1n) is 8.86. The average molecular weight is 368 g/mol. The predicted molar refractivity (Wildman–Crippen MR) is 101 cm³/mol. The molecule has 2 fully saturated rings. The smallest absolute Gasteiger partial charge is 0.312 e. The summed E-state index contributed by atoms with van der Waals surface area (Å²) in [5.41, 5.74) is 0.781. The van der Waals surface area contributed by atoms with Crippen molar-refractivity contribution in [3.05, 3.63) is 34.9 Å². The molecule has 0 radical (unpaired) electrons. The van der Waals surface area contributed by atoms with E-state index >= 15 is 0 Å².